The summed E-state index contributed by atoms with van der Waals surface area (Å²) in [4.78, 5) is 13.7. The van der Waals surface area contributed by atoms with Crippen molar-refractivity contribution in [1.82, 2.24) is 4.90 Å². The van der Waals surface area contributed by atoms with Crippen LogP contribution in [0.2, 0.25) is 0 Å². The number of amides is 1. The molecule has 1 saturated heterocycles. The number of nitrogens with two attached hydrogens (primary N) is 1. The molecule has 0 spiro atoms. The number of anilines is 1. The molecule has 1 aliphatic heterocycles. The van der Waals surface area contributed by atoms with E-state index in [4.69, 9.17) is 10.5 Å². The molecule has 5 heteroatoms. The van der Waals surface area contributed by atoms with Gasteiger partial charge in [0.1, 0.15) is 5.82 Å². The maximum Gasteiger partial charge on any atom is 0.254 e. The van der Waals surface area contributed by atoms with E-state index >= 15 is 0 Å². The molecule has 1 aromatic carbocycles. The first-order valence-electron chi connectivity index (χ1n) is 5.49. The highest BCUT2D eigenvalue weighted by molar-refractivity contribution is 5.94. The molecule has 0 radical (unpaired) electrons. The number of benzene rings is 1. The zero-order chi connectivity index (χ0) is 12.4. The molecule has 0 aromatic heterocycles. The monoisotopic (exact) mass is 238 g/mol. The Morgan fingerprint density at radius 1 is 1.59 bits per heavy atom. The van der Waals surface area contributed by atoms with Crippen molar-refractivity contribution in [2.24, 2.45) is 0 Å². The van der Waals surface area contributed by atoms with E-state index in [0.717, 1.165) is 6.42 Å². The SMILES string of the molecule is COC1CCN(C(=O)c2ccc(N)c(F)c2)C1. The number of carbonyl (C=O) groups is 1. The fourth-order valence-electron chi connectivity index (χ4n) is 1.95. The molecule has 0 saturated carbocycles. The van der Waals surface area contributed by atoms with Crippen molar-refractivity contribution in [2.75, 3.05) is 25.9 Å². The van der Waals surface area contributed by atoms with E-state index in [1.807, 2.05) is 0 Å². The number of carbonyl (C=O) groups excluding carboxylic acids is 1. The third-order valence-corrected chi connectivity index (χ3v) is 3.01. The first kappa shape index (κ1) is 11.9. The van der Waals surface area contributed by atoms with Crippen LogP contribution in [0.25, 0.3) is 0 Å². The molecular formula is C12H15FN2O2. The van der Waals surface area contributed by atoms with Gasteiger partial charge in [0, 0.05) is 25.8 Å². The number of likely N-dealkylation sites (tertiary alicyclic amines) is 1. The molecule has 1 fully saturated rings. The van der Waals surface area contributed by atoms with Gasteiger partial charge in [-0.25, -0.2) is 4.39 Å². The van der Waals surface area contributed by atoms with Gasteiger partial charge >= 0.3 is 0 Å². The number of hydrogen-bond acceptors (Lipinski definition) is 3. The van der Waals surface area contributed by atoms with Crippen molar-refractivity contribution in [1.29, 1.82) is 0 Å². The standard InChI is InChI=1S/C12H15FN2O2/c1-17-9-4-5-15(7-9)12(16)8-2-3-11(14)10(13)6-8/h2-3,6,9H,4-5,7,14H2,1H3. The van der Waals surface area contributed by atoms with Gasteiger partial charge < -0.3 is 15.4 Å². The van der Waals surface area contributed by atoms with Gasteiger partial charge in [0.25, 0.3) is 5.91 Å². The summed E-state index contributed by atoms with van der Waals surface area (Å²) in [5.41, 5.74) is 5.75. The molecule has 1 amide bonds. The normalized spacial score (nSPS) is 19.6. The summed E-state index contributed by atoms with van der Waals surface area (Å²) in [6.07, 6.45) is 0.900. The lowest BCUT2D eigenvalue weighted by Crippen LogP contribution is -2.30. The minimum atomic E-state index is -0.557. The van der Waals surface area contributed by atoms with Crippen LogP contribution in [0.1, 0.15) is 16.8 Å². The lowest BCUT2D eigenvalue weighted by Gasteiger charge is -2.16. The van der Waals surface area contributed by atoms with Crippen LogP contribution in [0.4, 0.5) is 10.1 Å². The Labute approximate surface area is 99.2 Å². The summed E-state index contributed by atoms with van der Waals surface area (Å²) in [6.45, 7) is 1.20. The van der Waals surface area contributed by atoms with Gasteiger partial charge in [-0.3, -0.25) is 4.79 Å². The summed E-state index contributed by atoms with van der Waals surface area (Å²) in [7, 11) is 1.63. The van der Waals surface area contributed by atoms with Gasteiger partial charge in [0.05, 0.1) is 11.8 Å². The Balaban J connectivity index is 2.12. The van der Waals surface area contributed by atoms with Gasteiger partial charge in [-0.05, 0) is 24.6 Å². The van der Waals surface area contributed by atoms with E-state index in [1.165, 1.54) is 12.1 Å². The summed E-state index contributed by atoms with van der Waals surface area (Å²) in [6, 6.07) is 4.13. The quantitative estimate of drug-likeness (QED) is 0.789. The largest absolute Gasteiger partial charge is 0.396 e. The lowest BCUT2D eigenvalue weighted by molar-refractivity contribution is 0.0724. The van der Waals surface area contributed by atoms with Crippen LogP contribution >= 0.6 is 0 Å². The number of halogens is 1. The second-order valence-corrected chi connectivity index (χ2v) is 4.13. The molecule has 1 unspecified atom stereocenters. The Kier molecular flexibility index (Phi) is 3.28. The maximum absolute atomic E-state index is 13.2. The van der Waals surface area contributed by atoms with Crippen molar-refractivity contribution in [3.8, 4) is 0 Å². The van der Waals surface area contributed by atoms with E-state index in [-0.39, 0.29) is 17.7 Å². The van der Waals surface area contributed by atoms with Crippen LogP contribution in [0, 0.1) is 5.82 Å². The summed E-state index contributed by atoms with van der Waals surface area (Å²) in [5.74, 6) is -0.734. The topological polar surface area (TPSA) is 55.6 Å². The van der Waals surface area contributed by atoms with Gasteiger partial charge in [0.15, 0.2) is 0 Å². The number of methoxy groups -OCH3 is 1. The highest BCUT2D eigenvalue weighted by atomic mass is 19.1. The fraction of sp³-hybridized carbons (Fsp3) is 0.417. The van der Waals surface area contributed by atoms with E-state index < -0.39 is 5.82 Å². The molecule has 0 bridgehead atoms. The zero-order valence-corrected chi connectivity index (χ0v) is 9.65. The molecule has 0 aliphatic carbocycles. The predicted molar refractivity (Wildman–Crippen MR) is 62.1 cm³/mol. The van der Waals surface area contributed by atoms with E-state index in [2.05, 4.69) is 0 Å². The van der Waals surface area contributed by atoms with Crippen LogP contribution in [0.15, 0.2) is 18.2 Å². The Morgan fingerprint density at radius 2 is 2.35 bits per heavy atom. The van der Waals surface area contributed by atoms with E-state index in [9.17, 15) is 9.18 Å². The molecule has 92 valence electrons. The number of nitrogen functional groups attached to an aromatic ring is 1. The lowest BCUT2D eigenvalue weighted by atomic mass is 10.2. The Bertz CT molecular complexity index is 437. The first-order chi connectivity index (χ1) is 8.11. The summed E-state index contributed by atoms with van der Waals surface area (Å²) < 4.78 is 18.4. The van der Waals surface area contributed by atoms with Crippen molar-refractivity contribution < 1.29 is 13.9 Å². The fourth-order valence-corrected chi connectivity index (χ4v) is 1.95. The van der Waals surface area contributed by atoms with Crippen molar-refractivity contribution in [3.63, 3.8) is 0 Å². The number of rotatable bonds is 2. The number of ether oxygens (including phenoxy) is 1. The maximum atomic E-state index is 13.2. The molecular weight excluding hydrogens is 223 g/mol. The van der Waals surface area contributed by atoms with Crippen molar-refractivity contribution in [2.45, 2.75) is 12.5 Å². The summed E-state index contributed by atoms with van der Waals surface area (Å²) in [5, 5.41) is 0. The van der Waals surface area contributed by atoms with E-state index in [0.29, 0.717) is 18.7 Å². The average Bonchev–Trinajstić information content (AvgIpc) is 2.80. The molecule has 2 N–H and O–H groups in total. The first-order valence-corrected chi connectivity index (χ1v) is 5.49. The molecule has 17 heavy (non-hydrogen) atoms. The van der Waals surface area contributed by atoms with Crippen LogP contribution < -0.4 is 5.73 Å². The van der Waals surface area contributed by atoms with Crippen molar-refractivity contribution >= 4 is 11.6 Å². The van der Waals surface area contributed by atoms with Crippen LogP contribution in [-0.4, -0.2) is 37.1 Å². The minimum Gasteiger partial charge on any atom is -0.396 e. The van der Waals surface area contributed by atoms with Crippen LogP contribution in [-0.2, 0) is 4.74 Å². The van der Waals surface area contributed by atoms with Gasteiger partial charge in [-0.1, -0.05) is 0 Å². The third kappa shape index (κ3) is 2.39. The average molecular weight is 238 g/mol. The zero-order valence-electron chi connectivity index (χ0n) is 9.65. The second-order valence-electron chi connectivity index (χ2n) is 4.13. The molecule has 1 heterocycles. The van der Waals surface area contributed by atoms with E-state index in [1.54, 1.807) is 18.1 Å². The number of nitrogens with zero attached hydrogens (tertiary/aromatic N) is 1. The molecule has 1 aliphatic rings. The van der Waals surface area contributed by atoms with Gasteiger partial charge in [0.2, 0.25) is 0 Å². The smallest absolute Gasteiger partial charge is 0.254 e. The second kappa shape index (κ2) is 4.71. The van der Waals surface area contributed by atoms with Crippen LogP contribution in [0.5, 0.6) is 0 Å². The minimum absolute atomic E-state index is 0.0535. The Morgan fingerprint density at radius 3 is 2.94 bits per heavy atom. The van der Waals surface area contributed by atoms with Gasteiger partial charge in [-0.15, -0.1) is 0 Å². The van der Waals surface area contributed by atoms with Crippen molar-refractivity contribution in [3.05, 3.63) is 29.6 Å². The highest BCUT2D eigenvalue weighted by Gasteiger charge is 2.26. The highest BCUT2D eigenvalue weighted by Crippen LogP contribution is 2.18. The molecule has 1 aromatic rings. The molecule has 2 rings (SSSR count). The molecule has 4 nitrogen and oxygen atoms in total. The van der Waals surface area contributed by atoms with Gasteiger partial charge in [-0.2, -0.15) is 0 Å². The number of hydrogen-bond donors (Lipinski definition) is 1. The van der Waals surface area contributed by atoms with Crippen LogP contribution in [0.3, 0.4) is 0 Å². The summed E-state index contributed by atoms with van der Waals surface area (Å²) >= 11 is 0. The molecule has 1 atom stereocenters. The Hall–Kier alpha value is -1.62. The third-order valence-electron chi connectivity index (χ3n) is 3.01. The predicted octanol–water partition coefficient (Wildman–Crippen LogP) is 1.27.